The Morgan fingerprint density at radius 3 is 2.83 bits per heavy atom. The van der Waals surface area contributed by atoms with Crippen molar-refractivity contribution in [1.29, 1.82) is 5.26 Å². The number of Topliss-reactive ketones (excluding diaryl/α,β-unsaturated/α-hetero) is 1. The van der Waals surface area contributed by atoms with Crippen molar-refractivity contribution in [3.63, 3.8) is 0 Å². The molecule has 0 aromatic heterocycles. The summed E-state index contributed by atoms with van der Waals surface area (Å²) >= 11 is 0. The summed E-state index contributed by atoms with van der Waals surface area (Å²) in [5.41, 5.74) is 1.82. The van der Waals surface area contributed by atoms with Crippen LogP contribution in [-0.2, 0) is 4.79 Å². The van der Waals surface area contributed by atoms with E-state index >= 15 is 0 Å². The number of rotatable bonds is 3. The molecule has 0 bridgehead atoms. The fraction of sp³-hybridized carbons (Fsp3) is 0.308. The highest BCUT2D eigenvalue weighted by Gasteiger charge is 2.28. The standard InChI is InChI=1S/C13H13N3O2/c1-8(6-14)7-16(2)9-3-4-10-11(5-9)15-13(18)12(10)17/h3-5,8H,7H2,1-2H3,(H,15,17,18). The van der Waals surface area contributed by atoms with Crippen LogP contribution in [-0.4, -0.2) is 25.3 Å². The molecule has 1 aliphatic heterocycles. The van der Waals surface area contributed by atoms with E-state index < -0.39 is 11.7 Å². The largest absolute Gasteiger partial charge is 0.373 e. The molecule has 0 aliphatic carbocycles. The molecule has 0 spiro atoms. The average Bonchev–Trinajstić information content (AvgIpc) is 2.64. The zero-order valence-corrected chi connectivity index (χ0v) is 10.2. The number of nitrogens with one attached hydrogen (secondary N) is 1. The van der Waals surface area contributed by atoms with E-state index in [0.29, 0.717) is 17.8 Å². The maximum absolute atomic E-state index is 11.4. The highest BCUT2D eigenvalue weighted by Crippen LogP contribution is 2.28. The molecule has 2 rings (SSSR count). The predicted molar refractivity (Wildman–Crippen MR) is 67.4 cm³/mol. The summed E-state index contributed by atoms with van der Waals surface area (Å²) in [7, 11) is 1.87. The van der Waals surface area contributed by atoms with Crippen LogP contribution in [0.25, 0.3) is 0 Å². The second-order valence-electron chi connectivity index (χ2n) is 4.42. The second kappa shape index (κ2) is 4.49. The Bertz CT molecular complexity index is 560. The van der Waals surface area contributed by atoms with Crippen molar-refractivity contribution < 1.29 is 9.59 Å². The van der Waals surface area contributed by atoms with Gasteiger partial charge in [-0.05, 0) is 25.1 Å². The molecule has 5 nitrogen and oxygen atoms in total. The smallest absolute Gasteiger partial charge is 0.296 e. The molecular formula is C13H13N3O2. The maximum Gasteiger partial charge on any atom is 0.296 e. The van der Waals surface area contributed by atoms with Crippen molar-refractivity contribution in [3.8, 4) is 6.07 Å². The third-order valence-corrected chi connectivity index (χ3v) is 2.91. The summed E-state index contributed by atoms with van der Waals surface area (Å²) in [6.45, 7) is 2.44. The molecule has 1 aliphatic rings. The van der Waals surface area contributed by atoms with E-state index in [4.69, 9.17) is 5.26 Å². The average molecular weight is 243 g/mol. The number of benzene rings is 1. The summed E-state index contributed by atoms with van der Waals surface area (Å²) in [5, 5.41) is 11.3. The monoisotopic (exact) mass is 243 g/mol. The topological polar surface area (TPSA) is 73.2 Å². The van der Waals surface area contributed by atoms with Gasteiger partial charge in [-0.25, -0.2) is 0 Å². The first kappa shape index (κ1) is 12.1. The second-order valence-corrected chi connectivity index (χ2v) is 4.42. The molecule has 1 aromatic rings. The van der Waals surface area contributed by atoms with Crippen LogP contribution in [0.3, 0.4) is 0 Å². The molecule has 1 unspecified atom stereocenters. The van der Waals surface area contributed by atoms with Crippen LogP contribution in [0.4, 0.5) is 11.4 Å². The molecule has 1 N–H and O–H groups in total. The molecule has 1 heterocycles. The maximum atomic E-state index is 11.4. The number of amides is 1. The van der Waals surface area contributed by atoms with Crippen molar-refractivity contribution in [2.24, 2.45) is 5.92 Å². The highest BCUT2D eigenvalue weighted by atomic mass is 16.2. The molecule has 92 valence electrons. The molecule has 0 radical (unpaired) electrons. The van der Waals surface area contributed by atoms with Gasteiger partial charge >= 0.3 is 0 Å². The minimum Gasteiger partial charge on any atom is -0.373 e. The van der Waals surface area contributed by atoms with Crippen molar-refractivity contribution in [2.45, 2.75) is 6.92 Å². The SMILES string of the molecule is CC(C#N)CN(C)c1ccc2c(c1)NC(=O)C2=O. The van der Waals surface area contributed by atoms with Gasteiger partial charge < -0.3 is 10.2 Å². The number of carbonyl (C=O) groups is 2. The lowest BCUT2D eigenvalue weighted by Gasteiger charge is -2.20. The third kappa shape index (κ3) is 2.05. The Hall–Kier alpha value is -2.35. The van der Waals surface area contributed by atoms with Gasteiger partial charge in [0, 0.05) is 19.3 Å². The molecule has 1 atom stereocenters. The van der Waals surface area contributed by atoms with Gasteiger partial charge in [0.15, 0.2) is 0 Å². The summed E-state index contributed by atoms with van der Waals surface area (Å²) in [5.74, 6) is -1.17. The van der Waals surface area contributed by atoms with Crippen molar-refractivity contribution in [2.75, 3.05) is 23.8 Å². The van der Waals surface area contributed by atoms with Gasteiger partial charge in [0.2, 0.25) is 0 Å². The third-order valence-electron chi connectivity index (χ3n) is 2.91. The van der Waals surface area contributed by atoms with Crippen LogP contribution < -0.4 is 10.2 Å². The van der Waals surface area contributed by atoms with E-state index in [9.17, 15) is 9.59 Å². The number of anilines is 2. The summed E-state index contributed by atoms with van der Waals surface area (Å²) < 4.78 is 0. The molecule has 0 saturated carbocycles. The number of ketones is 1. The number of hydrogen-bond donors (Lipinski definition) is 1. The molecule has 0 saturated heterocycles. The fourth-order valence-corrected chi connectivity index (χ4v) is 1.93. The van der Waals surface area contributed by atoms with Crippen LogP contribution in [0.2, 0.25) is 0 Å². The Morgan fingerprint density at radius 1 is 1.44 bits per heavy atom. The van der Waals surface area contributed by atoms with Gasteiger partial charge in [0.05, 0.1) is 23.2 Å². The first-order valence-corrected chi connectivity index (χ1v) is 5.63. The Kier molecular flexibility index (Phi) is 3.02. The number of nitrogens with zero attached hydrogens (tertiary/aromatic N) is 2. The minimum atomic E-state index is -0.588. The first-order valence-electron chi connectivity index (χ1n) is 5.63. The summed E-state index contributed by atoms with van der Waals surface area (Å²) in [4.78, 5) is 24.6. The number of hydrogen-bond acceptors (Lipinski definition) is 4. The molecule has 18 heavy (non-hydrogen) atoms. The van der Waals surface area contributed by atoms with Gasteiger partial charge in [0.1, 0.15) is 0 Å². The summed E-state index contributed by atoms with van der Waals surface area (Å²) in [6.07, 6.45) is 0. The van der Waals surface area contributed by atoms with Gasteiger partial charge in [-0.1, -0.05) is 0 Å². The number of fused-ring (bicyclic) bond motifs is 1. The molecule has 1 amide bonds. The summed E-state index contributed by atoms with van der Waals surface area (Å²) in [6, 6.07) is 7.33. The normalized spacial score (nSPS) is 14.7. The highest BCUT2D eigenvalue weighted by molar-refractivity contribution is 6.51. The zero-order valence-electron chi connectivity index (χ0n) is 10.2. The Morgan fingerprint density at radius 2 is 2.17 bits per heavy atom. The fourth-order valence-electron chi connectivity index (χ4n) is 1.93. The quantitative estimate of drug-likeness (QED) is 0.815. The van der Waals surface area contributed by atoms with E-state index in [-0.39, 0.29) is 5.92 Å². The zero-order chi connectivity index (χ0) is 13.3. The van der Waals surface area contributed by atoms with Gasteiger partial charge in [0.25, 0.3) is 11.7 Å². The first-order chi connectivity index (χ1) is 8.52. The van der Waals surface area contributed by atoms with Crippen molar-refractivity contribution in [1.82, 2.24) is 0 Å². The van der Waals surface area contributed by atoms with Crippen LogP contribution in [0, 0.1) is 17.2 Å². The van der Waals surface area contributed by atoms with E-state index in [2.05, 4.69) is 11.4 Å². The Balaban J connectivity index is 2.23. The van der Waals surface area contributed by atoms with Gasteiger partial charge in [-0.2, -0.15) is 5.26 Å². The minimum absolute atomic E-state index is 0.0838. The van der Waals surface area contributed by atoms with Gasteiger partial charge in [-0.15, -0.1) is 0 Å². The molecule has 5 heteroatoms. The van der Waals surface area contributed by atoms with E-state index in [1.165, 1.54) is 0 Å². The number of nitriles is 1. The lowest BCUT2D eigenvalue weighted by Crippen LogP contribution is -2.23. The van der Waals surface area contributed by atoms with E-state index in [1.807, 2.05) is 18.9 Å². The molecule has 0 fully saturated rings. The Labute approximate surface area is 105 Å². The van der Waals surface area contributed by atoms with Crippen molar-refractivity contribution in [3.05, 3.63) is 23.8 Å². The lowest BCUT2D eigenvalue weighted by molar-refractivity contribution is -0.112. The van der Waals surface area contributed by atoms with Crippen molar-refractivity contribution >= 4 is 23.1 Å². The van der Waals surface area contributed by atoms with Crippen LogP contribution in [0.1, 0.15) is 17.3 Å². The predicted octanol–water partition coefficient (Wildman–Crippen LogP) is 1.42. The van der Waals surface area contributed by atoms with E-state index in [0.717, 1.165) is 5.69 Å². The molecular weight excluding hydrogens is 230 g/mol. The van der Waals surface area contributed by atoms with E-state index in [1.54, 1.807) is 18.2 Å². The lowest BCUT2D eigenvalue weighted by atomic mass is 10.1. The van der Waals surface area contributed by atoms with Crippen LogP contribution in [0.5, 0.6) is 0 Å². The molecule has 1 aromatic carbocycles. The number of carbonyl (C=O) groups excluding carboxylic acids is 2. The van der Waals surface area contributed by atoms with Crippen LogP contribution >= 0.6 is 0 Å². The van der Waals surface area contributed by atoms with Crippen LogP contribution in [0.15, 0.2) is 18.2 Å². The van der Waals surface area contributed by atoms with Gasteiger partial charge in [-0.3, -0.25) is 9.59 Å².